The number of fused-ring (bicyclic) bond motifs is 2. The van der Waals surface area contributed by atoms with E-state index < -0.39 is 39.5 Å². The first kappa shape index (κ1) is 32.7. The van der Waals surface area contributed by atoms with Crippen molar-refractivity contribution in [2.75, 3.05) is 25.0 Å². The first-order chi connectivity index (χ1) is 22.2. The number of aryl methyl sites for hydroxylation is 2. The highest BCUT2D eigenvalue weighted by molar-refractivity contribution is 7.89. The van der Waals surface area contributed by atoms with Gasteiger partial charge in [0.2, 0.25) is 21.7 Å². The monoisotopic (exact) mass is 674 g/mol. The summed E-state index contributed by atoms with van der Waals surface area (Å²) >= 11 is 0. The molecule has 16 heteroatoms. The average Bonchev–Trinajstić information content (AvgIpc) is 3.61. The maximum atomic E-state index is 14.0. The molecule has 0 radical (unpaired) electrons. The number of benzene rings is 1. The summed E-state index contributed by atoms with van der Waals surface area (Å²) in [6, 6.07) is 9.72. The fourth-order valence-corrected chi connectivity index (χ4v) is 7.47. The summed E-state index contributed by atoms with van der Waals surface area (Å²) in [5.41, 5.74) is 2.01. The molecule has 0 saturated heterocycles. The third kappa shape index (κ3) is 6.36. The molecule has 3 N–H and O–H groups in total. The lowest BCUT2D eigenvalue weighted by atomic mass is 9.85. The number of aromatic nitrogens is 4. The molecule has 1 aliphatic carbocycles. The van der Waals surface area contributed by atoms with Gasteiger partial charge in [0, 0.05) is 31.8 Å². The van der Waals surface area contributed by atoms with E-state index in [2.05, 4.69) is 20.5 Å². The van der Waals surface area contributed by atoms with Crippen LogP contribution in [0.15, 0.2) is 47.5 Å². The normalized spacial score (nSPS) is 17.6. The Bertz CT molecular complexity index is 1960. The number of alkyl halides is 3. The van der Waals surface area contributed by atoms with Gasteiger partial charge in [-0.25, -0.2) is 8.42 Å². The van der Waals surface area contributed by atoms with Crippen molar-refractivity contribution in [3.63, 3.8) is 0 Å². The largest absolute Gasteiger partial charge is 0.481 e. The second kappa shape index (κ2) is 12.1. The van der Waals surface area contributed by atoms with E-state index >= 15 is 0 Å². The summed E-state index contributed by atoms with van der Waals surface area (Å²) in [6.07, 6.45) is -2.14. The number of rotatable bonds is 10. The first-order valence-electron chi connectivity index (χ1n) is 15.0. The number of hydrogen-bond acceptors (Lipinski definition) is 9. The topological polar surface area (TPSA) is 159 Å². The van der Waals surface area contributed by atoms with E-state index in [1.807, 2.05) is 6.92 Å². The maximum absolute atomic E-state index is 14.0. The number of ether oxygens (including phenoxy) is 1. The third-order valence-corrected chi connectivity index (χ3v) is 10.5. The van der Waals surface area contributed by atoms with Crippen LogP contribution in [0.1, 0.15) is 65.2 Å². The summed E-state index contributed by atoms with van der Waals surface area (Å²) in [7, 11) is -4.08. The van der Waals surface area contributed by atoms with Crippen LogP contribution in [0.5, 0.6) is 5.88 Å². The molecule has 1 aromatic carbocycles. The van der Waals surface area contributed by atoms with E-state index in [0.29, 0.717) is 53.9 Å². The summed E-state index contributed by atoms with van der Waals surface area (Å²) < 4.78 is 76.9. The lowest BCUT2D eigenvalue weighted by molar-refractivity contribution is -0.145. The predicted molar refractivity (Wildman–Crippen MR) is 163 cm³/mol. The minimum atomic E-state index is -4.73. The molecule has 47 heavy (non-hydrogen) atoms. The predicted octanol–water partition coefficient (Wildman–Crippen LogP) is 4.28. The van der Waals surface area contributed by atoms with Gasteiger partial charge in [0.05, 0.1) is 13.0 Å². The number of sulfonamides is 1. The lowest BCUT2D eigenvalue weighted by Gasteiger charge is -2.25. The number of nitrogens with zero attached hydrogens (tertiary/aromatic N) is 5. The molecule has 3 aromatic heterocycles. The van der Waals surface area contributed by atoms with Crippen LogP contribution in [-0.2, 0) is 27.5 Å². The molecular weight excluding hydrogens is 641 g/mol. The Morgan fingerprint density at radius 3 is 2.60 bits per heavy atom. The van der Waals surface area contributed by atoms with E-state index in [0.717, 1.165) is 9.96 Å². The van der Waals surface area contributed by atoms with Gasteiger partial charge >= 0.3 is 12.1 Å². The van der Waals surface area contributed by atoms with E-state index in [9.17, 15) is 31.5 Å². The highest BCUT2D eigenvalue weighted by Crippen LogP contribution is 2.46. The zero-order chi connectivity index (χ0) is 33.7. The SMILES string of the molecule is Cc1ccc([C@H](CC(=O)O)c2ccn3c(C(F)(F)F)nnc3c2C)cc1CN1CC2(CC2)Oc2nc(NCCCO)ccc2S1(=O)=O. The van der Waals surface area contributed by atoms with Crippen LogP contribution in [0.4, 0.5) is 19.0 Å². The number of carboxylic acid groups (broad SMARTS) is 1. The second-order valence-electron chi connectivity index (χ2n) is 12.0. The van der Waals surface area contributed by atoms with E-state index in [1.165, 1.54) is 22.6 Å². The van der Waals surface area contributed by atoms with Crippen LogP contribution >= 0.6 is 0 Å². The van der Waals surface area contributed by atoms with Crippen LogP contribution in [-0.4, -0.2) is 73.8 Å². The van der Waals surface area contributed by atoms with Crippen LogP contribution < -0.4 is 10.1 Å². The van der Waals surface area contributed by atoms with Crippen molar-refractivity contribution in [3.8, 4) is 5.88 Å². The van der Waals surface area contributed by atoms with Crippen molar-refractivity contribution in [1.29, 1.82) is 0 Å². The molecular formula is C31H33F3N6O6S. The zero-order valence-corrected chi connectivity index (χ0v) is 26.4. The molecule has 1 aliphatic heterocycles. The highest BCUT2D eigenvalue weighted by Gasteiger charge is 2.52. The fourth-order valence-electron chi connectivity index (χ4n) is 5.93. The molecule has 1 atom stereocenters. The first-order valence-corrected chi connectivity index (χ1v) is 16.4. The number of nitrogens with one attached hydrogen (secondary N) is 1. The Hall–Kier alpha value is -4.28. The Morgan fingerprint density at radius 2 is 1.91 bits per heavy atom. The van der Waals surface area contributed by atoms with Gasteiger partial charge in [-0.15, -0.1) is 10.2 Å². The Labute approximate surface area is 268 Å². The number of pyridine rings is 2. The molecule has 6 rings (SSSR count). The minimum Gasteiger partial charge on any atom is -0.481 e. The van der Waals surface area contributed by atoms with Gasteiger partial charge < -0.3 is 20.3 Å². The summed E-state index contributed by atoms with van der Waals surface area (Å²) in [5.74, 6) is -2.64. The molecule has 0 bridgehead atoms. The molecule has 1 saturated carbocycles. The van der Waals surface area contributed by atoms with Crippen LogP contribution in [0.2, 0.25) is 0 Å². The Balaban J connectivity index is 1.36. The quantitative estimate of drug-likeness (QED) is 0.207. The molecule has 250 valence electrons. The third-order valence-electron chi connectivity index (χ3n) is 8.67. The Morgan fingerprint density at radius 1 is 1.15 bits per heavy atom. The van der Waals surface area contributed by atoms with Gasteiger partial charge in [0.1, 0.15) is 16.3 Å². The van der Waals surface area contributed by atoms with Gasteiger partial charge in [-0.3, -0.25) is 9.20 Å². The lowest BCUT2D eigenvalue weighted by Crippen LogP contribution is -2.38. The molecule has 1 spiro atoms. The molecule has 2 aliphatic rings. The van der Waals surface area contributed by atoms with Crippen molar-refractivity contribution >= 4 is 27.5 Å². The fraction of sp³-hybridized carbons (Fsp3) is 0.419. The van der Waals surface area contributed by atoms with Gasteiger partial charge in [-0.2, -0.15) is 22.5 Å². The Kier molecular flexibility index (Phi) is 8.38. The standard InChI is InChI=1S/C31H33F3N6O6S/c1-18-4-5-20(23(15-26(42)43)22-8-12-40-27(19(22)2)37-38-29(40)31(32,33)34)14-21(18)16-39-17-30(9-10-30)46-28-24(47(39,44)45)6-7-25(36-28)35-11-3-13-41/h4-8,12,14,23,41H,3,9-11,13,15-17H2,1-2H3,(H,35,36)(H,42,43)/t23-/m0/s1. The number of halogens is 3. The highest BCUT2D eigenvalue weighted by atomic mass is 32.2. The molecule has 4 aromatic rings. The maximum Gasteiger partial charge on any atom is 0.452 e. The van der Waals surface area contributed by atoms with Crippen LogP contribution in [0.3, 0.4) is 0 Å². The van der Waals surface area contributed by atoms with Crippen molar-refractivity contribution in [3.05, 3.63) is 76.2 Å². The van der Waals surface area contributed by atoms with Gasteiger partial charge in [-0.05, 0) is 79.1 Å². The van der Waals surface area contributed by atoms with Gasteiger partial charge in [0.15, 0.2) is 5.65 Å². The van der Waals surface area contributed by atoms with E-state index in [4.69, 9.17) is 9.84 Å². The summed E-state index contributed by atoms with van der Waals surface area (Å²) in [4.78, 5) is 16.4. The molecule has 1 fully saturated rings. The van der Waals surface area contributed by atoms with Gasteiger partial charge in [0.25, 0.3) is 0 Å². The average molecular weight is 675 g/mol. The molecule has 0 unspecified atom stereocenters. The number of aliphatic carboxylic acids is 1. The van der Waals surface area contributed by atoms with E-state index in [-0.39, 0.29) is 42.5 Å². The van der Waals surface area contributed by atoms with Crippen LogP contribution in [0.25, 0.3) is 5.65 Å². The number of aliphatic hydroxyl groups excluding tert-OH is 1. The molecule has 12 nitrogen and oxygen atoms in total. The van der Waals surface area contributed by atoms with Gasteiger partial charge in [-0.1, -0.05) is 18.2 Å². The van der Waals surface area contributed by atoms with Crippen molar-refractivity contribution in [1.82, 2.24) is 23.9 Å². The number of carbonyl (C=O) groups is 1. The number of anilines is 1. The smallest absolute Gasteiger partial charge is 0.452 e. The second-order valence-corrected chi connectivity index (χ2v) is 13.9. The van der Waals surface area contributed by atoms with Crippen molar-refractivity contribution < 1.29 is 41.3 Å². The molecule has 0 amide bonds. The van der Waals surface area contributed by atoms with Crippen molar-refractivity contribution in [2.24, 2.45) is 0 Å². The molecule has 4 heterocycles. The number of hydrogen-bond donors (Lipinski definition) is 3. The van der Waals surface area contributed by atoms with Crippen molar-refractivity contribution in [2.45, 2.75) is 68.7 Å². The number of carboxylic acids is 1. The van der Waals surface area contributed by atoms with Crippen LogP contribution in [0, 0.1) is 13.8 Å². The zero-order valence-electron chi connectivity index (χ0n) is 25.6. The van der Waals surface area contributed by atoms with E-state index in [1.54, 1.807) is 31.2 Å². The minimum absolute atomic E-state index is 0.00186. The summed E-state index contributed by atoms with van der Waals surface area (Å²) in [5, 5.41) is 29.0. The number of aliphatic hydroxyl groups is 1. The summed E-state index contributed by atoms with van der Waals surface area (Å²) in [6.45, 7) is 3.90.